The first-order valence-corrected chi connectivity index (χ1v) is 10.7. The molecule has 1 saturated heterocycles. The maximum atomic E-state index is 12.6. The third-order valence-corrected chi connectivity index (χ3v) is 6.11. The van der Waals surface area contributed by atoms with Gasteiger partial charge in [-0.3, -0.25) is 9.69 Å². The highest BCUT2D eigenvalue weighted by Crippen LogP contribution is 2.46. The number of hydrogen-bond donors (Lipinski definition) is 3. The number of alkyl carbamates (subject to hydrolysis) is 1. The van der Waals surface area contributed by atoms with Gasteiger partial charge in [0, 0.05) is 19.0 Å². The van der Waals surface area contributed by atoms with Gasteiger partial charge < -0.3 is 20.3 Å². The highest BCUT2D eigenvalue weighted by molar-refractivity contribution is 5.90. The second-order valence-corrected chi connectivity index (χ2v) is 9.10. The van der Waals surface area contributed by atoms with Crippen molar-refractivity contribution < 1.29 is 29.3 Å². The Kier molecular flexibility index (Phi) is 7.36. The number of rotatable bonds is 8. The number of nitrogens with one attached hydrogen (secondary N) is 1. The number of carboxylic acids is 2. The number of carbonyl (C=O) groups is 3. The highest BCUT2D eigenvalue weighted by atomic mass is 16.6. The molecule has 0 aromatic heterocycles. The fourth-order valence-electron chi connectivity index (χ4n) is 4.84. The molecule has 2 rings (SSSR count). The first-order chi connectivity index (χ1) is 14.4. The Morgan fingerprint density at radius 1 is 1.13 bits per heavy atom. The van der Waals surface area contributed by atoms with Gasteiger partial charge in [0.1, 0.15) is 11.1 Å². The SMILES string of the molecule is CCC1[C@](CC)(C(=O)O)N(CCc2ccccc2)C[C@@]1(NC(=O)OC(C)(C)C)C(=O)O. The van der Waals surface area contributed by atoms with E-state index in [4.69, 9.17) is 4.74 Å². The van der Waals surface area contributed by atoms with Gasteiger partial charge in [-0.2, -0.15) is 0 Å². The van der Waals surface area contributed by atoms with Crippen LogP contribution in [0.4, 0.5) is 4.79 Å². The molecule has 1 amide bonds. The molecule has 1 unspecified atom stereocenters. The van der Waals surface area contributed by atoms with Crippen LogP contribution in [0, 0.1) is 5.92 Å². The van der Waals surface area contributed by atoms with E-state index in [0.29, 0.717) is 13.0 Å². The van der Waals surface area contributed by atoms with Gasteiger partial charge in [-0.25, -0.2) is 9.59 Å². The lowest BCUT2D eigenvalue weighted by Crippen LogP contribution is -2.63. The number of likely N-dealkylation sites (tertiary alicyclic amines) is 1. The van der Waals surface area contributed by atoms with Gasteiger partial charge in [-0.1, -0.05) is 44.2 Å². The predicted octanol–water partition coefficient (Wildman–Crippen LogP) is 3.15. The molecule has 8 nitrogen and oxygen atoms in total. The molecule has 1 aromatic rings. The van der Waals surface area contributed by atoms with Gasteiger partial charge in [-0.15, -0.1) is 0 Å². The molecule has 31 heavy (non-hydrogen) atoms. The van der Waals surface area contributed by atoms with Crippen molar-refractivity contribution in [3.63, 3.8) is 0 Å². The predicted molar refractivity (Wildman–Crippen MR) is 116 cm³/mol. The van der Waals surface area contributed by atoms with E-state index in [-0.39, 0.29) is 19.4 Å². The van der Waals surface area contributed by atoms with Crippen molar-refractivity contribution in [2.75, 3.05) is 13.1 Å². The summed E-state index contributed by atoms with van der Waals surface area (Å²) in [6.07, 6.45) is 0.174. The van der Waals surface area contributed by atoms with Crippen molar-refractivity contribution in [2.24, 2.45) is 5.92 Å². The number of ether oxygens (including phenoxy) is 1. The summed E-state index contributed by atoms with van der Waals surface area (Å²) in [5.74, 6) is -3.18. The first kappa shape index (κ1) is 24.7. The number of carbonyl (C=O) groups excluding carboxylic acids is 1. The lowest BCUT2D eigenvalue weighted by Gasteiger charge is -2.39. The van der Waals surface area contributed by atoms with Gasteiger partial charge in [0.25, 0.3) is 0 Å². The van der Waals surface area contributed by atoms with Crippen LogP contribution in [-0.4, -0.2) is 62.9 Å². The normalized spacial score (nSPS) is 26.4. The lowest BCUT2D eigenvalue weighted by atomic mass is 9.72. The zero-order chi connectivity index (χ0) is 23.4. The molecule has 1 aromatic carbocycles. The van der Waals surface area contributed by atoms with Gasteiger partial charge in [0.15, 0.2) is 5.54 Å². The van der Waals surface area contributed by atoms with E-state index in [1.807, 2.05) is 30.3 Å². The molecular weight excluding hydrogens is 400 g/mol. The van der Waals surface area contributed by atoms with Crippen LogP contribution < -0.4 is 5.32 Å². The number of benzene rings is 1. The molecular formula is C23H34N2O6. The smallest absolute Gasteiger partial charge is 0.408 e. The number of nitrogens with zero attached hydrogens (tertiary/aromatic N) is 1. The van der Waals surface area contributed by atoms with Crippen molar-refractivity contribution in [1.29, 1.82) is 0 Å². The van der Waals surface area contributed by atoms with Crippen molar-refractivity contribution in [1.82, 2.24) is 10.2 Å². The third-order valence-electron chi connectivity index (χ3n) is 6.11. The van der Waals surface area contributed by atoms with E-state index in [0.717, 1.165) is 5.56 Å². The van der Waals surface area contributed by atoms with Crippen LogP contribution >= 0.6 is 0 Å². The van der Waals surface area contributed by atoms with Crippen LogP contribution in [0.25, 0.3) is 0 Å². The molecule has 0 aliphatic carbocycles. The Hall–Kier alpha value is -2.61. The summed E-state index contributed by atoms with van der Waals surface area (Å²) < 4.78 is 5.32. The van der Waals surface area contributed by atoms with E-state index >= 15 is 0 Å². The van der Waals surface area contributed by atoms with Crippen molar-refractivity contribution in [3.05, 3.63) is 35.9 Å². The molecule has 0 spiro atoms. The second-order valence-electron chi connectivity index (χ2n) is 9.10. The van der Waals surface area contributed by atoms with E-state index in [1.54, 1.807) is 39.5 Å². The maximum absolute atomic E-state index is 12.6. The van der Waals surface area contributed by atoms with Crippen LogP contribution in [0.5, 0.6) is 0 Å². The second kappa shape index (κ2) is 9.26. The first-order valence-electron chi connectivity index (χ1n) is 10.7. The van der Waals surface area contributed by atoms with Crippen LogP contribution in [0.1, 0.15) is 53.0 Å². The van der Waals surface area contributed by atoms with Crippen molar-refractivity contribution in [2.45, 2.75) is 70.6 Å². The van der Waals surface area contributed by atoms with Crippen LogP contribution in [-0.2, 0) is 20.7 Å². The molecule has 0 radical (unpaired) electrons. The summed E-state index contributed by atoms with van der Waals surface area (Å²) in [5, 5.41) is 23.1. The highest BCUT2D eigenvalue weighted by Gasteiger charge is 2.67. The lowest BCUT2D eigenvalue weighted by molar-refractivity contribution is -0.154. The van der Waals surface area contributed by atoms with Crippen LogP contribution in [0.2, 0.25) is 0 Å². The zero-order valence-corrected chi connectivity index (χ0v) is 19.0. The van der Waals surface area contributed by atoms with E-state index < -0.39 is 40.6 Å². The Balaban J connectivity index is 2.46. The Labute approximate surface area is 183 Å². The summed E-state index contributed by atoms with van der Waals surface area (Å²) in [6, 6.07) is 9.62. The quantitative estimate of drug-likeness (QED) is 0.575. The minimum Gasteiger partial charge on any atom is -0.480 e. The third kappa shape index (κ3) is 4.84. The minimum atomic E-state index is -1.78. The van der Waals surface area contributed by atoms with Crippen LogP contribution in [0.15, 0.2) is 30.3 Å². The molecule has 3 atom stereocenters. The molecule has 1 aliphatic heterocycles. The Morgan fingerprint density at radius 2 is 1.74 bits per heavy atom. The van der Waals surface area contributed by atoms with E-state index in [9.17, 15) is 24.6 Å². The Bertz CT molecular complexity index is 806. The average Bonchev–Trinajstić information content (AvgIpc) is 2.96. The molecule has 1 heterocycles. The molecule has 8 heteroatoms. The number of hydrogen-bond acceptors (Lipinski definition) is 5. The molecule has 0 saturated carbocycles. The fraction of sp³-hybridized carbons (Fsp3) is 0.609. The molecule has 172 valence electrons. The molecule has 3 N–H and O–H groups in total. The zero-order valence-electron chi connectivity index (χ0n) is 19.0. The van der Waals surface area contributed by atoms with Crippen LogP contribution in [0.3, 0.4) is 0 Å². The molecule has 0 bridgehead atoms. The largest absolute Gasteiger partial charge is 0.480 e. The van der Waals surface area contributed by atoms with E-state index in [2.05, 4.69) is 5.32 Å². The molecule has 1 aliphatic rings. The monoisotopic (exact) mass is 434 g/mol. The number of aliphatic carboxylic acids is 2. The van der Waals surface area contributed by atoms with Gasteiger partial charge in [0.05, 0.1) is 0 Å². The summed E-state index contributed by atoms with van der Waals surface area (Å²) in [5.41, 5.74) is -2.98. The van der Waals surface area contributed by atoms with Crippen molar-refractivity contribution >= 4 is 18.0 Å². The van der Waals surface area contributed by atoms with Crippen molar-refractivity contribution in [3.8, 4) is 0 Å². The standard InChI is InChI=1S/C23H34N2O6/c1-6-17-22(18(26)27,24-20(30)31-21(3,4)5)15-25(23(17,7-2)19(28)29)14-13-16-11-9-8-10-12-16/h8-12,17H,6-7,13-15H2,1-5H3,(H,24,30)(H,26,27)(H,28,29)/t17?,22-,23+/m0/s1. The summed E-state index contributed by atoms with van der Waals surface area (Å²) in [6.45, 7) is 8.80. The summed E-state index contributed by atoms with van der Waals surface area (Å²) in [7, 11) is 0. The fourth-order valence-corrected chi connectivity index (χ4v) is 4.84. The summed E-state index contributed by atoms with van der Waals surface area (Å²) >= 11 is 0. The molecule has 1 fully saturated rings. The number of carboxylic acid groups (broad SMARTS) is 2. The topological polar surface area (TPSA) is 116 Å². The average molecular weight is 435 g/mol. The maximum Gasteiger partial charge on any atom is 0.408 e. The van der Waals surface area contributed by atoms with Gasteiger partial charge in [0.2, 0.25) is 0 Å². The van der Waals surface area contributed by atoms with Gasteiger partial charge >= 0.3 is 18.0 Å². The minimum absolute atomic E-state index is 0.118. The Morgan fingerprint density at radius 3 is 2.19 bits per heavy atom. The summed E-state index contributed by atoms with van der Waals surface area (Å²) in [4.78, 5) is 39.4. The van der Waals surface area contributed by atoms with Gasteiger partial charge in [-0.05, 0) is 45.6 Å². The number of amides is 1. The van der Waals surface area contributed by atoms with E-state index in [1.165, 1.54) is 0 Å².